The Kier molecular flexibility index (Phi) is 3.58. The lowest BCUT2D eigenvalue weighted by Crippen LogP contribution is -2.27. The predicted molar refractivity (Wildman–Crippen MR) is 104 cm³/mol. The summed E-state index contributed by atoms with van der Waals surface area (Å²) in [6.45, 7) is 8.29. The minimum atomic E-state index is -0.505. The van der Waals surface area contributed by atoms with Crippen LogP contribution in [0.3, 0.4) is 0 Å². The standard InChI is InChI=1S/C21H21FN4/c1-20(2)12-15-14-5-6-16(13-7-9-23-18(22)11-13)26-21(3,4)19(14)25-17(15)8-10-24-20/h5-12,25H,1-4H3. The maximum absolute atomic E-state index is 13.6. The first-order valence-electron chi connectivity index (χ1n) is 8.66. The van der Waals surface area contributed by atoms with Gasteiger partial charge in [-0.2, -0.15) is 4.39 Å². The number of hydrogen-bond donors (Lipinski definition) is 1. The van der Waals surface area contributed by atoms with Crippen molar-refractivity contribution >= 4 is 30.2 Å². The van der Waals surface area contributed by atoms with Gasteiger partial charge in [-0.1, -0.05) is 6.08 Å². The number of nitrogens with zero attached hydrogens (tertiary/aromatic N) is 3. The van der Waals surface area contributed by atoms with E-state index in [-0.39, 0.29) is 5.54 Å². The number of rotatable bonds is 1. The first-order valence-corrected chi connectivity index (χ1v) is 8.66. The van der Waals surface area contributed by atoms with E-state index in [1.807, 2.05) is 18.4 Å². The van der Waals surface area contributed by atoms with Crippen LogP contribution in [-0.4, -0.2) is 27.4 Å². The number of aromatic amines is 1. The van der Waals surface area contributed by atoms with Gasteiger partial charge in [-0.05, 0) is 52.0 Å². The van der Waals surface area contributed by atoms with Crippen LogP contribution in [0.4, 0.5) is 4.39 Å². The van der Waals surface area contributed by atoms with Crippen molar-refractivity contribution in [2.75, 3.05) is 0 Å². The number of halogens is 1. The number of aliphatic imine (C=N–C) groups is 2. The zero-order valence-electron chi connectivity index (χ0n) is 15.3. The van der Waals surface area contributed by atoms with Gasteiger partial charge in [0.05, 0.1) is 22.5 Å². The summed E-state index contributed by atoms with van der Waals surface area (Å²) in [5, 5.41) is 2.17. The van der Waals surface area contributed by atoms with Crippen LogP contribution in [-0.2, 0) is 5.54 Å². The highest BCUT2D eigenvalue weighted by molar-refractivity contribution is 6.11. The Hall–Kier alpha value is -2.82. The van der Waals surface area contributed by atoms with E-state index in [0.29, 0.717) is 0 Å². The zero-order chi connectivity index (χ0) is 18.5. The summed E-state index contributed by atoms with van der Waals surface area (Å²) >= 11 is 0. The van der Waals surface area contributed by atoms with Crippen LogP contribution in [0.2, 0.25) is 0 Å². The Bertz CT molecular complexity index is 1100. The molecule has 2 aromatic heterocycles. The molecule has 0 bridgehead atoms. The highest BCUT2D eigenvalue weighted by atomic mass is 19.1. The highest BCUT2D eigenvalue weighted by Crippen LogP contribution is 2.29. The molecule has 0 aromatic carbocycles. The van der Waals surface area contributed by atoms with E-state index in [9.17, 15) is 4.39 Å². The molecule has 5 heteroatoms. The number of nitrogens with one attached hydrogen (secondary N) is 1. The second kappa shape index (κ2) is 5.59. The fourth-order valence-electron chi connectivity index (χ4n) is 3.47. The van der Waals surface area contributed by atoms with Gasteiger partial charge in [0.25, 0.3) is 0 Å². The monoisotopic (exact) mass is 348 g/mol. The second-order valence-corrected chi connectivity index (χ2v) is 7.74. The lowest BCUT2D eigenvalue weighted by atomic mass is 9.96. The van der Waals surface area contributed by atoms with Gasteiger partial charge in [0.15, 0.2) is 0 Å². The van der Waals surface area contributed by atoms with Gasteiger partial charge in [0.2, 0.25) is 5.95 Å². The summed E-state index contributed by atoms with van der Waals surface area (Å²) in [5.74, 6) is -0.505. The van der Waals surface area contributed by atoms with Crippen molar-refractivity contribution in [2.45, 2.75) is 38.8 Å². The smallest absolute Gasteiger partial charge is 0.213 e. The van der Waals surface area contributed by atoms with Gasteiger partial charge in [-0.25, -0.2) is 4.98 Å². The average molecular weight is 348 g/mol. The molecular formula is C21H21FN4. The molecule has 0 spiro atoms. The molecule has 0 saturated heterocycles. The van der Waals surface area contributed by atoms with Crippen molar-refractivity contribution in [3.05, 3.63) is 57.7 Å². The third kappa shape index (κ3) is 2.83. The molecule has 2 aromatic rings. The van der Waals surface area contributed by atoms with E-state index in [0.717, 1.165) is 33.1 Å². The average Bonchev–Trinajstić information content (AvgIpc) is 2.72. The number of fused-ring (bicyclic) bond motifs is 3. The molecule has 1 N–H and O–H groups in total. The molecule has 0 radical (unpaired) electrons. The number of pyridine rings is 1. The van der Waals surface area contributed by atoms with Crippen LogP contribution >= 0.6 is 0 Å². The van der Waals surface area contributed by atoms with E-state index >= 15 is 0 Å². The lowest BCUT2D eigenvalue weighted by molar-refractivity contribution is 0.542. The molecule has 0 saturated carbocycles. The fourth-order valence-corrected chi connectivity index (χ4v) is 3.47. The van der Waals surface area contributed by atoms with E-state index in [4.69, 9.17) is 4.99 Å². The normalized spacial score (nSPS) is 19.3. The molecule has 0 unspecified atom stereocenters. The van der Waals surface area contributed by atoms with Crippen LogP contribution in [0.1, 0.15) is 44.5 Å². The van der Waals surface area contributed by atoms with Crippen LogP contribution in [0.25, 0.3) is 18.2 Å². The van der Waals surface area contributed by atoms with Crippen LogP contribution < -0.4 is 10.6 Å². The van der Waals surface area contributed by atoms with Crippen LogP contribution in [0.5, 0.6) is 0 Å². The van der Waals surface area contributed by atoms with Crippen molar-refractivity contribution in [2.24, 2.45) is 9.98 Å². The molecule has 132 valence electrons. The Morgan fingerprint density at radius 3 is 2.69 bits per heavy atom. The van der Waals surface area contributed by atoms with E-state index < -0.39 is 11.5 Å². The topological polar surface area (TPSA) is 53.4 Å². The second-order valence-electron chi connectivity index (χ2n) is 7.74. The molecule has 4 rings (SSSR count). The first kappa shape index (κ1) is 16.6. The van der Waals surface area contributed by atoms with Crippen molar-refractivity contribution < 1.29 is 4.39 Å². The SMILES string of the molecule is CC1(C)C=c2c3c([nH]c2=CC=N1)C(C)(C)N=C(c1ccnc(F)c1)C=C3. The van der Waals surface area contributed by atoms with Gasteiger partial charge in [0.1, 0.15) is 0 Å². The van der Waals surface area contributed by atoms with Gasteiger partial charge < -0.3 is 4.98 Å². The maximum atomic E-state index is 13.6. The summed E-state index contributed by atoms with van der Waals surface area (Å²) in [5.41, 5.74) is 2.85. The van der Waals surface area contributed by atoms with Gasteiger partial charge in [-0.15, -0.1) is 0 Å². The maximum Gasteiger partial charge on any atom is 0.213 e. The highest BCUT2D eigenvalue weighted by Gasteiger charge is 2.28. The summed E-state index contributed by atoms with van der Waals surface area (Å²) in [7, 11) is 0. The molecule has 2 aliphatic heterocycles. The van der Waals surface area contributed by atoms with E-state index in [1.165, 1.54) is 12.3 Å². The van der Waals surface area contributed by atoms with Crippen molar-refractivity contribution in [1.82, 2.24) is 9.97 Å². The van der Waals surface area contributed by atoms with Crippen LogP contribution in [0.15, 0.2) is 34.4 Å². The summed E-state index contributed by atoms with van der Waals surface area (Å²) < 4.78 is 13.6. The molecular weight excluding hydrogens is 327 g/mol. The minimum Gasteiger partial charge on any atom is -0.356 e. The Morgan fingerprint density at radius 1 is 1.12 bits per heavy atom. The number of hydrogen-bond acceptors (Lipinski definition) is 3. The zero-order valence-corrected chi connectivity index (χ0v) is 15.3. The lowest BCUT2D eigenvalue weighted by Gasteiger charge is -2.20. The molecule has 0 atom stereocenters. The van der Waals surface area contributed by atoms with Crippen molar-refractivity contribution in [3.8, 4) is 0 Å². The van der Waals surface area contributed by atoms with Gasteiger partial charge in [-0.3, -0.25) is 9.98 Å². The number of allylic oxidation sites excluding steroid dienone is 1. The number of aromatic nitrogens is 2. The molecule has 4 nitrogen and oxygen atoms in total. The molecule has 26 heavy (non-hydrogen) atoms. The van der Waals surface area contributed by atoms with Crippen LogP contribution in [0, 0.1) is 5.95 Å². The van der Waals surface area contributed by atoms with Crippen molar-refractivity contribution in [1.29, 1.82) is 0 Å². The minimum absolute atomic E-state index is 0.278. The predicted octanol–water partition coefficient (Wildman–Crippen LogP) is 2.72. The Balaban J connectivity index is 1.94. The van der Waals surface area contributed by atoms with Gasteiger partial charge in [0, 0.05) is 40.2 Å². The summed E-state index contributed by atoms with van der Waals surface area (Å²) in [6, 6.07) is 3.19. The largest absolute Gasteiger partial charge is 0.356 e. The van der Waals surface area contributed by atoms with E-state index in [2.05, 4.69) is 54.8 Å². The Morgan fingerprint density at radius 2 is 1.92 bits per heavy atom. The molecule has 0 aliphatic carbocycles. The molecule has 0 amide bonds. The Labute approximate surface area is 151 Å². The fraction of sp³-hybridized carbons (Fsp3) is 0.286. The van der Waals surface area contributed by atoms with Crippen molar-refractivity contribution in [3.63, 3.8) is 0 Å². The quantitative estimate of drug-likeness (QED) is 0.792. The summed E-state index contributed by atoms with van der Waals surface area (Å²) in [6.07, 6.45) is 11.5. The molecule has 2 aliphatic rings. The molecule has 4 heterocycles. The molecule has 0 fully saturated rings. The van der Waals surface area contributed by atoms with Gasteiger partial charge >= 0.3 is 0 Å². The third-order valence-electron chi connectivity index (χ3n) is 4.70. The number of H-pyrrole nitrogens is 1. The third-order valence-corrected chi connectivity index (χ3v) is 4.70. The summed E-state index contributed by atoms with van der Waals surface area (Å²) in [4.78, 5) is 16.6. The van der Waals surface area contributed by atoms with E-state index in [1.54, 1.807) is 6.07 Å². The first-order chi connectivity index (χ1) is 12.3.